The molecule has 7 nitrogen and oxygen atoms in total. The van der Waals surface area contributed by atoms with Gasteiger partial charge in [-0.05, 0) is 77.8 Å². The zero-order valence-electron chi connectivity index (χ0n) is 30.4. The molecule has 2 saturated carbocycles. The molecule has 0 saturated heterocycles. The van der Waals surface area contributed by atoms with Crippen molar-refractivity contribution in [1.29, 1.82) is 0 Å². The Morgan fingerprint density at radius 2 is 1.30 bits per heavy atom. The molecule has 11 heteroatoms. The molecular formula is C42H48F4N6O. The number of rotatable bonds is 9. The number of carbonyl (C=O) groups is 1. The van der Waals surface area contributed by atoms with Crippen LogP contribution in [-0.4, -0.2) is 37.7 Å². The highest BCUT2D eigenvalue weighted by atomic mass is 19.3. The maximum atomic E-state index is 13.5. The Hall–Kier alpha value is -5.11. The fourth-order valence-corrected chi connectivity index (χ4v) is 6.87. The lowest BCUT2D eigenvalue weighted by Gasteiger charge is -2.29. The van der Waals surface area contributed by atoms with Crippen molar-refractivity contribution in [3.05, 3.63) is 84.7 Å². The smallest absolute Gasteiger partial charge is 0.248 e. The van der Waals surface area contributed by atoms with E-state index in [1.807, 2.05) is 18.2 Å². The van der Waals surface area contributed by atoms with Gasteiger partial charge in [0.15, 0.2) is 0 Å². The number of imidazole rings is 2. The van der Waals surface area contributed by atoms with Gasteiger partial charge in [-0.1, -0.05) is 57.2 Å². The van der Waals surface area contributed by atoms with Gasteiger partial charge < -0.3 is 20.6 Å². The summed E-state index contributed by atoms with van der Waals surface area (Å²) in [4.78, 5) is 28.3. The van der Waals surface area contributed by atoms with Crippen molar-refractivity contribution in [1.82, 2.24) is 30.6 Å². The van der Waals surface area contributed by atoms with Crippen LogP contribution in [0.3, 0.4) is 0 Å². The first-order valence-electron chi connectivity index (χ1n) is 18.3. The summed E-state index contributed by atoms with van der Waals surface area (Å²) in [5.41, 5.74) is 6.37. The maximum absolute atomic E-state index is 13.5. The van der Waals surface area contributed by atoms with Crippen LogP contribution in [-0.2, 0) is 17.9 Å². The predicted molar refractivity (Wildman–Crippen MR) is 204 cm³/mol. The Kier molecular flexibility index (Phi) is 12.7. The highest BCUT2D eigenvalue weighted by molar-refractivity contribution is 5.91. The zero-order chi connectivity index (χ0) is 38.2. The molecule has 0 radical (unpaired) electrons. The quantitative estimate of drug-likeness (QED) is 0.0897. The van der Waals surface area contributed by atoms with Crippen molar-refractivity contribution >= 4 is 27.7 Å². The molecular weight excluding hydrogens is 680 g/mol. The van der Waals surface area contributed by atoms with Gasteiger partial charge in [0.2, 0.25) is 17.8 Å². The van der Waals surface area contributed by atoms with Crippen molar-refractivity contribution in [2.45, 2.75) is 96.6 Å². The van der Waals surface area contributed by atoms with E-state index in [9.17, 15) is 22.4 Å². The highest BCUT2D eigenvalue weighted by Crippen LogP contribution is 2.38. The van der Waals surface area contributed by atoms with Crippen molar-refractivity contribution < 1.29 is 22.4 Å². The number of aromatic amines is 2. The molecule has 0 aliphatic heterocycles. The van der Waals surface area contributed by atoms with E-state index in [0.717, 1.165) is 55.7 Å². The van der Waals surface area contributed by atoms with Crippen LogP contribution < -0.4 is 10.6 Å². The lowest BCUT2D eigenvalue weighted by Crippen LogP contribution is -2.35. The van der Waals surface area contributed by atoms with E-state index < -0.39 is 11.8 Å². The van der Waals surface area contributed by atoms with Crippen molar-refractivity contribution in [3.8, 4) is 35.2 Å². The molecule has 0 bridgehead atoms. The standard InChI is InChI=1S/C37H38F4N6O.C3H8.C2H2/c1-22(23-8-12-36(38,39)13-9-23)42-20-33-43-19-32(47-33)29-5-4-25-16-26(2-3-27(25)17-29)28-6-7-30-31(18-28)46-34(45-30)21-44-35(48)24-10-14-37(40,41)15-11-24;1-3-2;1-2/h2-7,16-19,23-24,42H,1,8-15,20-21H2,(H,43,47)(H,44,48)(H,45,46);3H2,1-2H3;1-2H. The van der Waals surface area contributed by atoms with Gasteiger partial charge in [0.25, 0.3) is 0 Å². The molecule has 0 unspecified atom stereocenters. The number of carbonyl (C=O) groups excluding carboxylic acids is 1. The summed E-state index contributed by atoms with van der Waals surface area (Å²) in [6, 6.07) is 18.5. The van der Waals surface area contributed by atoms with Gasteiger partial charge in [-0.3, -0.25) is 4.79 Å². The average molecular weight is 729 g/mol. The topological polar surface area (TPSA) is 98.5 Å². The van der Waals surface area contributed by atoms with Crippen LogP contribution in [0, 0.1) is 24.7 Å². The number of hydrogen-bond donors (Lipinski definition) is 4. The molecule has 7 rings (SSSR count). The van der Waals surface area contributed by atoms with E-state index in [1.165, 1.54) is 6.42 Å². The zero-order valence-corrected chi connectivity index (χ0v) is 30.4. The minimum Gasteiger partial charge on any atom is -0.381 e. The number of aromatic nitrogens is 4. The Bertz CT molecular complexity index is 2030. The fraction of sp³-hybridized carbons (Fsp3) is 0.405. The monoisotopic (exact) mass is 728 g/mol. The number of H-pyrrole nitrogens is 2. The number of hydrogen-bond acceptors (Lipinski definition) is 4. The summed E-state index contributed by atoms with van der Waals surface area (Å²) in [7, 11) is 0. The number of alkyl halides is 4. The van der Waals surface area contributed by atoms with E-state index in [0.29, 0.717) is 25.2 Å². The molecule has 2 aliphatic carbocycles. The first-order valence-corrected chi connectivity index (χ1v) is 18.3. The van der Waals surface area contributed by atoms with E-state index in [1.54, 1.807) is 6.20 Å². The third-order valence-corrected chi connectivity index (χ3v) is 9.85. The second-order valence-corrected chi connectivity index (χ2v) is 14.0. The first-order chi connectivity index (χ1) is 25.4. The SMILES string of the molecule is C#C.C=C(NCc1ncc(-c2ccc3cc(-c4ccc5nc(CNC(=O)C6CCC(F)(F)CC6)[nH]c5c4)ccc3c2)[nH]1)C1CCC(F)(F)CC1.CCC. The van der Waals surface area contributed by atoms with Crippen molar-refractivity contribution in [2.24, 2.45) is 11.8 Å². The van der Waals surface area contributed by atoms with E-state index in [-0.39, 0.29) is 62.8 Å². The van der Waals surface area contributed by atoms with Gasteiger partial charge >= 0.3 is 0 Å². The summed E-state index contributed by atoms with van der Waals surface area (Å²) >= 11 is 0. The molecule has 2 heterocycles. The molecule has 0 atom stereocenters. The molecule has 0 spiro atoms. The van der Waals surface area contributed by atoms with Gasteiger partial charge in [0.1, 0.15) is 11.6 Å². The van der Waals surface area contributed by atoms with Crippen LogP contribution in [0.15, 0.2) is 73.1 Å². The molecule has 2 aliphatic rings. The summed E-state index contributed by atoms with van der Waals surface area (Å²) in [6.07, 6.45) is 11.7. The number of nitrogens with zero attached hydrogens (tertiary/aromatic N) is 2. The molecule has 4 N–H and O–H groups in total. The largest absolute Gasteiger partial charge is 0.381 e. The van der Waals surface area contributed by atoms with E-state index in [2.05, 4.69) is 100 Å². The average Bonchev–Trinajstić information content (AvgIpc) is 3.80. The summed E-state index contributed by atoms with van der Waals surface area (Å²) in [6.45, 7) is 8.99. The lowest BCUT2D eigenvalue weighted by atomic mass is 9.85. The minimum atomic E-state index is -2.66. The number of halogens is 4. The first kappa shape index (κ1) is 39.1. The molecule has 2 aromatic heterocycles. The minimum absolute atomic E-state index is 0.0531. The molecule has 5 aromatic rings. The molecule has 1 amide bonds. The number of nitrogens with one attached hydrogen (secondary N) is 4. The fourth-order valence-electron chi connectivity index (χ4n) is 6.87. The van der Waals surface area contributed by atoms with Crippen LogP contribution in [0.25, 0.3) is 44.2 Å². The van der Waals surface area contributed by atoms with Gasteiger partial charge in [-0.2, -0.15) is 0 Å². The van der Waals surface area contributed by atoms with Crippen LogP contribution in [0.2, 0.25) is 0 Å². The van der Waals surface area contributed by atoms with Gasteiger partial charge in [0.05, 0.1) is 36.0 Å². The maximum Gasteiger partial charge on any atom is 0.248 e. The van der Waals surface area contributed by atoms with Gasteiger partial charge in [-0.25, -0.2) is 27.5 Å². The third-order valence-electron chi connectivity index (χ3n) is 9.85. The summed E-state index contributed by atoms with van der Waals surface area (Å²) in [5.74, 6) is -4.39. The number of amides is 1. The summed E-state index contributed by atoms with van der Waals surface area (Å²) < 4.78 is 53.9. The number of benzene rings is 3. The van der Waals surface area contributed by atoms with E-state index in [4.69, 9.17) is 0 Å². The van der Waals surface area contributed by atoms with Crippen molar-refractivity contribution in [2.75, 3.05) is 0 Å². The molecule has 280 valence electrons. The van der Waals surface area contributed by atoms with Crippen LogP contribution >= 0.6 is 0 Å². The summed E-state index contributed by atoms with van der Waals surface area (Å²) in [5, 5.41) is 8.29. The molecule has 3 aromatic carbocycles. The Balaban J connectivity index is 0.00000103. The molecule has 2 fully saturated rings. The Labute approximate surface area is 308 Å². The highest BCUT2D eigenvalue weighted by Gasteiger charge is 2.37. The second kappa shape index (κ2) is 17.1. The number of terminal acetylenes is 1. The van der Waals surface area contributed by atoms with Crippen LogP contribution in [0.4, 0.5) is 17.6 Å². The van der Waals surface area contributed by atoms with Crippen molar-refractivity contribution in [3.63, 3.8) is 0 Å². The van der Waals surface area contributed by atoms with Gasteiger partial charge in [-0.15, -0.1) is 12.8 Å². The van der Waals surface area contributed by atoms with E-state index >= 15 is 0 Å². The van der Waals surface area contributed by atoms with Crippen LogP contribution in [0.5, 0.6) is 0 Å². The Morgan fingerprint density at radius 3 is 1.94 bits per heavy atom. The normalized spacial score (nSPS) is 16.9. The second-order valence-electron chi connectivity index (χ2n) is 14.0. The number of fused-ring (bicyclic) bond motifs is 2. The van der Waals surface area contributed by atoms with Crippen LogP contribution in [0.1, 0.15) is 83.3 Å². The van der Waals surface area contributed by atoms with Gasteiger partial charge in [0, 0.05) is 42.9 Å². The molecule has 53 heavy (non-hydrogen) atoms. The number of allylic oxidation sites excluding steroid dienone is 1. The predicted octanol–water partition coefficient (Wildman–Crippen LogP) is 10.3. The third kappa shape index (κ3) is 10.1. The Morgan fingerprint density at radius 1 is 0.774 bits per heavy atom. The lowest BCUT2D eigenvalue weighted by molar-refractivity contribution is -0.129.